The average molecular weight is 526 g/mol. The summed E-state index contributed by atoms with van der Waals surface area (Å²) in [5.74, 6) is 2.03. The number of aromatic nitrogens is 2. The van der Waals surface area contributed by atoms with Crippen LogP contribution in [0.25, 0.3) is 10.9 Å². The molecule has 34 heavy (non-hydrogen) atoms. The van der Waals surface area contributed by atoms with E-state index in [1.807, 2.05) is 44.2 Å². The molecule has 0 unspecified atom stereocenters. The molecule has 1 aromatic heterocycles. The third-order valence-corrected chi connectivity index (χ3v) is 6.33. The quantitative estimate of drug-likeness (QED) is 0.224. The minimum absolute atomic E-state index is 0.0525. The predicted octanol–water partition coefficient (Wildman–Crippen LogP) is 6.47. The Hall–Kier alpha value is -2.93. The molecule has 3 aromatic rings. The van der Waals surface area contributed by atoms with Gasteiger partial charge in [0.15, 0.2) is 11.5 Å². The number of allylic oxidation sites excluding steroid dienone is 1. The van der Waals surface area contributed by atoms with Crippen LogP contribution in [0, 0.1) is 0 Å². The second-order valence-electron chi connectivity index (χ2n) is 8.34. The maximum Gasteiger partial charge on any atom is 0.282 e. The predicted molar refractivity (Wildman–Crippen MR) is 143 cm³/mol. The van der Waals surface area contributed by atoms with Crippen LogP contribution in [0.15, 0.2) is 57.4 Å². The summed E-state index contributed by atoms with van der Waals surface area (Å²) in [5.41, 5.74) is 2.21. The van der Waals surface area contributed by atoms with E-state index >= 15 is 0 Å². The Kier molecular flexibility index (Phi) is 8.67. The lowest BCUT2D eigenvalue weighted by molar-refractivity contribution is 0.206. The molecule has 0 aliphatic rings. The minimum Gasteiger partial charge on any atom is -0.493 e. The van der Waals surface area contributed by atoms with E-state index in [-0.39, 0.29) is 17.6 Å². The van der Waals surface area contributed by atoms with Gasteiger partial charge in [-0.15, -0.1) is 6.58 Å². The van der Waals surface area contributed by atoms with Crippen LogP contribution in [0.3, 0.4) is 0 Å². The van der Waals surface area contributed by atoms with E-state index in [1.54, 1.807) is 19.4 Å². The van der Waals surface area contributed by atoms with Gasteiger partial charge in [0.2, 0.25) is 0 Å². The molecule has 0 aliphatic heterocycles. The summed E-state index contributed by atoms with van der Waals surface area (Å²) < 4.78 is 14.0. The van der Waals surface area contributed by atoms with Gasteiger partial charge in [-0.3, -0.25) is 4.79 Å². The van der Waals surface area contributed by atoms with Crippen molar-refractivity contribution in [3.05, 3.63) is 74.8 Å². The fourth-order valence-corrected chi connectivity index (χ4v) is 3.90. The average Bonchev–Trinajstić information content (AvgIpc) is 2.84. The number of benzene rings is 2. The van der Waals surface area contributed by atoms with Gasteiger partial charge in [-0.2, -0.15) is 9.78 Å². The first-order valence-corrected chi connectivity index (χ1v) is 12.4. The van der Waals surface area contributed by atoms with Crippen LogP contribution < -0.4 is 15.0 Å². The molecule has 3 rings (SSSR count). The van der Waals surface area contributed by atoms with Crippen LogP contribution in [-0.2, 0) is 6.42 Å². The van der Waals surface area contributed by atoms with Crippen molar-refractivity contribution in [1.29, 1.82) is 0 Å². The largest absolute Gasteiger partial charge is 0.493 e. The van der Waals surface area contributed by atoms with Gasteiger partial charge in [0.25, 0.3) is 5.56 Å². The fraction of sp³-hybridized carbons (Fsp3) is 0.370. The second-order valence-corrected chi connectivity index (χ2v) is 9.26. The first-order valence-electron chi connectivity index (χ1n) is 11.6. The molecule has 0 amide bonds. The van der Waals surface area contributed by atoms with Crippen molar-refractivity contribution in [3.63, 3.8) is 0 Å². The fourth-order valence-electron chi connectivity index (χ4n) is 3.54. The van der Waals surface area contributed by atoms with Crippen molar-refractivity contribution < 1.29 is 9.47 Å². The molecular weight excluding hydrogens is 494 g/mol. The molecule has 0 N–H and O–H groups in total. The summed E-state index contributed by atoms with van der Waals surface area (Å²) in [4.78, 5) is 18.1. The number of hydrogen-bond acceptors (Lipinski definition) is 5. The van der Waals surface area contributed by atoms with Crippen molar-refractivity contribution in [2.75, 3.05) is 7.11 Å². The maximum atomic E-state index is 13.4. The van der Waals surface area contributed by atoms with Crippen LogP contribution in [0.5, 0.6) is 11.5 Å². The summed E-state index contributed by atoms with van der Waals surface area (Å²) in [6.45, 7) is 12.1. The van der Waals surface area contributed by atoms with E-state index in [4.69, 9.17) is 14.5 Å². The van der Waals surface area contributed by atoms with Crippen LogP contribution in [-0.4, -0.2) is 29.1 Å². The van der Waals surface area contributed by atoms with E-state index in [0.717, 1.165) is 28.4 Å². The summed E-state index contributed by atoms with van der Waals surface area (Å²) in [6.07, 6.45) is 5.89. The molecule has 7 heteroatoms. The Morgan fingerprint density at radius 3 is 2.62 bits per heavy atom. The van der Waals surface area contributed by atoms with E-state index in [1.165, 1.54) is 4.68 Å². The Morgan fingerprint density at radius 2 is 1.97 bits per heavy atom. The number of halogens is 1. The number of ether oxygens (including phenoxy) is 2. The molecule has 1 heterocycles. The number of hydrogen-bond donors (Lipinski definition) is 0. The molecule has 6 nitrogen and oxygen atoms in total. The molecular formula is C27H32BrN3O3. The van der Waals surface area contributed by atoms with E-state index in [0.29, 0.717) is 34.6 Å². The van der Waals surface area contributed by atoms with Crippen molar-refractivity contribution in [3.8, 4) is 11.5 Å². The smallest absolute Gasteiger partial charge is 0.282 e. The molecule has 0 bridgehead atoms. The standard InChI is InChI=1S/C27H32BrN3O3/c1-7-10-20-13-19(14-24(33-6)25(20)34-18(5)9-3)16-29-31-26(17(4)8-2)30-23-12-11-21(28)15-22(23)27(31)32/h7,11-18H,1,8-10H2,2-6H3/t17-,18-/m0/s1. The summed E-state index contributed by atoms with van der Waals surface area (Å²) in [7, 11) is 1.62. The van der Waals surface area contributed by atoms with Crippen molar-refractivity contribution in [2.45, 2.75) is 59.0 Å². The monoisotopic (exact) mass is 525 g/mol. The number of fused-ring (bicyclic) bond motifs is 1. The molecule has 0 spiro atoms. The van der Waals surface area contributed by atoms with Crippen LogP contribution in [0.2, 0.25) is 0 Å². The summed E-state index contributed by atoms with van der Waals surface area (Å²) in [5, 5.41) is 5.10. The van der Waals surface area contributed by atoms with E-state index in [2.05, 4.69) is 41.5 Å². The topological polar surface area (TPSA) is 65.7 Å². The lowest BCUT2D eigenvalue weighted by atomic mass is 10.1. The van der Waals surface area contributed by atoms with Gasteiger partial charge in [0, 0.05) is 16.0 Å². The molecule has 0 saturated heterocycles. The van der Waals surface area contributed by atoms with Crippen molar-refractivity contribution in [2.24, 2.45) is 5.10 Å². The number of nitrogens with zero attached hydrogens (tertiary/aromatic N) is 3. The van der Waals surface area contributed by atoms with Gasteiger partial charge in [0.05, 0.1) is 30.3 Å². The molecule has 2 aromatic carbocycles. The van der Waals surface area contributed by atoms with Crippen LogP contribution in [0.1, 0.15) is 63.4 Å². The zero-order valence-corrected chi connectivity index (χ0v) is 22.1. The Labute approximate surface area is 209 Å². The highest BCUT2D eigenvalue weighted by molar-refractivity contribution is 9.10. The Balaban J connectivity index is 2.15. The SMILES string of the molecule is C=CCc1cc(C=Nn2c([C@@H](C)CC)nc3ccc(Br)cc3c2=O)cc(OC)c1O[C@@H](C)CC. The summed E-state index contributed by atoms with van der Waals surface area (Å²) >= 11 is 3.45. The van der Waals surface area contributed by atoms with Gasteiger partial charge in [-0.05, 0) is 62.1 Å². The van der Waals surface area contributed by atoms with Gasteiger partial charge in [-0.25, -0.2) is 4.98 Å². The van der Waals surface area contributed by atoms with Gasteiger partial charge in [-0.1, -0.05) is 42.8 Å². The first kappa shape index (κ1) is 25.7. The zero-order valence-electron chi connectivity index (χ0n) is 20.5. The maximum absolute atomic E-state index is 13.4. The Bertz CT molecular complexity index is 1270. The lowest BCUT2D eigenvalue weighted by Crippen LogP contribution is -2.23. The van der Waals surface area contributed by atoms with Gasteiger partial charge < -0.3 is 9.47 Å². The lowest BCUT2D eigenvalue weighted by Gasteiger charge is -2.19. The van der Waals surface area contributed by atoms with Crippen LogP contribution in [0.4, 0.5) is 0 Å². The van der Waals surface area contributed by atoms with Gasteiger partial charge >= 0.3 is 0 Å². The summed E-state index contributed by atoms with van der Waals surface area (Å²) in [6, 6.07) is 9.38. The third kappa shape index (κ3) is 5.58. The number of methoxy groups -OCH3 is 1. The molecule has 2 atom stereocenters. The minimum atomic E-state index is -0.201. The van der Waals surface area contributed by atoms with Crippen molar-refractivity contribution >= 4 is 33.0 Å². The number of rotatable bonds is 10. The zero-order chi connectivity index (χ0) is 24.8. The van der Waals surface area contributed by atoms with Gasteiger partial charge in [0.1, 0.15) is 5.82 Å². The highest BCUT2D eigenvalue weighted by atomic mass is 79.9. The molecule has 0 saturated carbocycles. The van der Waals surface area contributed by atoms with Crippen LogP contribution >= 0.6 is 15.9 Å². The molecule has 0 aliphatic carbocycles. The molecule has 0 radical (unpaired) electrons. The van der Waals surface area contributed by atoms with Crippen molar-refractivity contribution in [1.82, 2.24) is 9.66 Å². The Morgan fingerprint density at radius 1 is 1.21 bits per heavy atom. The normalized spacial score (nSPS) is 13.2. The molecule has 180 valence electrons. The highest BCUT2D eigenvalue weighted by Gasteiger charge is 2.17. The van der Waals surface area contributed by atoms with E-state index in [9.17, 15) is 4.79 Å². The van der Waals surface area contributed by atoms with E-state index < -0.39 is 0 Å². The first-order chi connectivity index (χ1) is 16.3. The highest BCUT2D eigenvalue weighted by Crippen LogP contribution is 2.34. The molecule has 0 fully saturated rings. The second kappa shape index (κ2) is 11.5. The third-order valence-electron chi connectivity index (χ3n) is 5.84.